The van der Waals surface area contributed by atoms with E-state index in [0.717, 1.165) is 6.42 Å². The molecule has 2 heteroatoms. The number of terminal acetylenes is 1. The molecule has 16 heavy (non-hydrogen) atoms. The maximum atomic E-state index is 11.7. The standard InChI is InChI=1S/C14H16O2/c1-4-11(3)10-16-14(15)13-9-7-6-8-12(13)5-2/h2,6-9,11H,4,10H2,1,3H3/t11-/m0/s1. The van der Waals surface area contributed by atoms with Gasteiger partial charge in [-0.2, -0.15) is 0 Å². The summed E-state index contributed by atoms with van der Waals surface area (Å²) in [6, 6.07) is 7.01. The van der Waals surface area contributed by atoms with Crippen LogP contribution in [0.4, 0.5) is 0 Å². The van der Waals surface area contributed by atoms with Crippen molar-refractivity contribution >= 4 is 5.97 Å². The summed E-state index contributed by atoms with van der Waals surface area (Å²) in [4.78, 5) is 11.7. The Morgan fingerprint density at radius 2 is 2.19 bits per heavy atom. The highest BCUT2D eigenvalue weighted by atomic mass is 16.5. The Bertz CT molecular complexity index is 401. The van der Waals surface area contributed by atoms with Crippen molar-refractivity contribution in [2.45, 2.75) is 20.3 Å². The van der Waals surface area contributed by atoms with Crippen molar-refractivity contribution in [3.8, 4) is 12.3 Å². The Hall–Kier alpha value is -1.75. The Morgan fingerprint density at radius 3 is 2.81 bits per heavy atom. The van der Waals surface area contributed by atoms with Gasteiger partial charge in [-0.15, -0.1) is 6.42 Å². The number of esters is 1. The minimum Gasteiger partial charge on any atom is -0.462 e. The van der Waals surface area contributed by atoms with E-state index < -0.39 is 0 Å². The van der Waals surface area contributed by atoms with E-state index in [1.54, 1.807) is 24.3 Å². The van der Waals surface area contributed by atoms with Gasteiger partial charge in [0, 0.05) is 5.56 Å². The summed E-state index contributed by atoms with van der Waals surface area (Å²) < 4.78 is 5.19. The van der Waals surface area contributed by atoms with Crippen LogP contribution in [0.1, 0.15) is 36.2 Å². The molecule has 0 aliphatic carbocycles. The zero-order valence-corrected chi connectivity index (χ0v) is 9.69. The Balaban J connectivity index is 2.70. The molecule has 0 saturated carbocycles. The predicted octanol–water partition coefficient (Wildman–Crippen LogP) is 2.87. The highest BCUT2D eigenvalue weighted by Gasteiger charge is 2.11. The summed E-state index contributed by atoms with van der Waals surface area (Å²) >= 11 is 0. The van der Waals surface area contributed by atoms with Gasteiger partial charge < -0.3 is 4.74 Å². The van der Waals surface area contributed by atoms with Crippen molar-refractivity contribution in [3.63, 3.8) is 0 Å². The Kier molecular flexibility index (Phi) is 4.60. The lowest BCUT2D eigenvalue weighted by atomic mass is 10.1. The van der Waals surface area contributed by atoms with Gasteiger partial charge in [0.2, 0.25) is 0 Å². The van der Waals surface area contributed by atoms with Gasteiger partial charge in [0.15, 0.2) is 0 Å². The molecule has 2 nitrogen and oxygen atoms in total. The molecule has 84 valence electrons. The Labute approximate surface area is 96.6 Å². The lowest BCUT2D eigenvalue weighted by molar-refractivity contribution is 0.0447. The summed E-state index contributed by atoms with van der Waals surface area (Å²) in [5.74, 6) is 2.52. The molecule has 0 aliphatic heterocycles. The molecule has 1 aromatic rings. The van der Waals surface area contributed by atoms with Crippen molar-refractivity contribution in [2.75, 3.05) is 6.61 Å². The second-order valence-electron chi connectivity index (χ2n) is 3.80. The second kappa shape index (κ2) is 5.97. The molecule has 0 radical (unpaired) electrons. The van der Waals surface area contributed by atoms with Crippen LogP contribution in [0.3, 0.4) is 0 Å². The van der Waals surface area contributed by atoms with Crippen LogP contribution in [0, 0.1) is 18.3 Å². The van der Waals surface area contributed by atoms with Crippen LogP contribution in [0.2, 0.25) is 0 Å². The first kappa shape index (κ1) is 12.3. The van der Waals surface area contributed by atoms with E-state index in [4.69, 9.17) is 11.2 Å². The lowest BCUT2D eigenvalue weighted by Gasteiger charge is -2.10. The molecule has 1 rings (SSSR count). The van der Waals surface area contributed by atoms with Crippen LogP contribution in [0.5, 0.6) is 0 Å². The highest BCUT2D eigenvalue weighted by molar-refractivity contribution is 5.92. The number of hydrogen-bond donors (Lipinski definition) is 0. The lowest BCUT2D eigenvalue weighted by Crippen LogP contribution is -2.12. The van der Waals surface area contributed by atoms with Crippen LogP contribution in [-0.2, 0) is 4.74 Å². The van der Waals surface area contributed by atoms with Crippen LogP contribution in [-0.4, -0.2) is 12.6 Å². The monoisotopic (exact) mass is 216 g/mol. The number of benzene rings is 1. The van der Waals surface area contributed by atoms with Gasteiger partial charge in [-0.3, -0.25) is 0 Å². The molecule has 1 aromatic carbocycles. The molecule has 0 N–H and O–H groups in total. The molecule has 0 spiro atoms. The quantitative estimate of drug-likeness (QED) is 0.571. The number of carbonyl (C=O) groups excluding carboxylic acids is 1. The molecule has 0 fully saturated rings. The van der Waals surface area contributed by atoms with E-state index >= 15 is 0 Å². The SMILES string of the molecule is C#Cc1ccccc1C(=O)OC[C@@H](C)CC. The molecule has 0 saturated heterocycles. The fraction of sp³-hybridized carbons (Fsp3) is 0.357. The summed E-state index contributed by atoms with van der Waals surface area (Å²) in [6.07, 6.45) is 6.30. The van der Waals surface area contributed by atoms with Gasteiger partial charge in [0.1, 0.15) is 0 Å². The van der Waals surface area contributed by atoms with E-state index in [9.17, 15) is 4.79 Å². The summed E-state index contributed by atoms with van der Waals surface area (Å²) in [5, 5.41) is 0. The second-order valence-corrected chi connectivity index (χ2v) is 3.80. The summed E-state index contributed by atoms with van der Waals surface area (Å²) in [7, 11) is 0. The predicted molar refractivity (Wildman–Crippen MR) is 64.1 cm³/mol. The van der Waals surface area contributed by atoms with Crippen molar-refractivity contribution < 1.29 is 9.53 Å². The third-order valence-corrected chi connectivity index (χ3v) is 2.50. The smallest absolute Gasteiger partial charge is 0.339 e. The average molecular weight is 216 g/mol. The first-order chi connectivity index (χ1) is 7.69. The molecule has 0 unspecified atom stereocenters. The van der Waals surface area contributed by atoms with Crippen LogP contribution < -0.4 is 0 Å². The van der Waals surface area contributed by atoms with Crippen LogP contribution in [0.15, 0.2) is 24.3 Å². The van der Waals surface area contributed by atoms with Crippen LogP contribution in [0.25, 0.3) is 0 Å². The fourth-order valence-electron chi connectivity index (χ4n) is 1.20. The van der Waals surface area contributed by atoms with E-state index in [-0.39, 0.29) is 5.97 Å². The third-order valence-electron chi connectivity index (χ3n) is 2.50. The molecule has 0 heterocycles. The molecule has 0 amide bonds. The van der Waals surface area contributed by atoms with Crippen LogP contribution >= 0.6 is 0 Å². The summed E-state index contributed by atoms with van der Waals surface area (Å²) in [6.45, 7) is 4.54. The third kappa shape index (κ3) is 3.13. The Morgan fingerprint density at radius 1 is 1.50 bits per heavy atom. The van der Waals surface area contributed by atoms with Gasteiger partial charge in [-0.05, 0) is 18.1 Å². The van der Waals surface area contributed by atoms with E-state index in [0.29, 0.717) is 23.7 Å². The molecular weight excluding hydrogens is 200 g/mol. The van der Waals surface area contributed by atoms with Gasteiger partial charge >= 0.3 is 5.97 Å². The maximum absolute atomic E-state index is 11.7. The van der Waals surface area contributed by atoms with E-state index in [1.165, 1.54) is 0 Å². The highest BCUT2D eigenvalue weighted by Crippen LogP contribution is 2.10. The first-order valence-electron chi connectivity index (χ1n) is 5.41. The van der Waals surface area contributed by atoms with Gasteiger partial charge in [0.25, 0.3) is 0 Å². The maximum Gasteiger partial charge on any atom is 0.339 e. The zero-order chi connectivity index (χ0) is 12.0. The normalized spacial score (nSPS) is 11.6. The average Bonchev–Trinajstić information content (AvgIpc) is 2.35. The molecule has 0 bridgehead atoms. The van der Waals surface area contributed by atoms with Gasteiger partial charge in [-0.1, -0.05) is 38.3 Å². The van der Waals surface area contributed by atoms with Crippen molar-refractivity contribution in [3.05, 3.63) is 35.4 Å². The van der Waals surface area contributed by atoms with E-state index in [1.807, 2.05) is 6.92 Å². The number of carbonyl (C=O) groups is 1. The molecular formula is C14H16O2. The van der Waals surface area contributed by atoms with E-state index in [2.05, 4.69) is 12.8 Å². The first-order valence-corrected chi connectivity index (χ1v) is 5.41. The summed E-state index contributed by atoms with van der Waals surface area (Å²) in [5.41, 5.74) is 1.05. The largest absolute Gasteiger partial charge is 0.462 e. The molecule has 0 aromatic heterocycles. The molecule has 0 aliphatic rings. The number of hydrogen-bond acceptors (Lipinski definition) is 2. The fourth-order valence-corrected chi connectivity index (χ4v) is 1.20. The minimum atomic E-state index is -0.339. The van der Waals surface area contributed by atoms with Crippen molar-refractivity contribution in [1.29, 1.82) is 0 Å². The van der Waals surface area contributed by atoms with Crippen molar-refractivity contribution in [1.82, 2.24) is 0 Å². The van der Waals surface area contributed by atoms with Gasteiger partial charge in [0.05, 0.1) is 12.2 Å². The van der Waals surface area contributed by atoms with Crippen molar-refractivity contribution in [2.24, 2.45) is 5.92 Å². The minimum absolute atomic E-state index is 0.339. The number of ether oxygens (including phenoxy) is 1. The number of rotatable bonds is 4. The zero-order valence-electron chi connectivity index (χ0n) is 9.69. The topological polar surface area (TPSA) is 26.3 Å². The van der Waals surface area contributed by atoms with Gasteiger partial charge in [-0.25, -0.2) is 4.79 Å². The molecule has 1 atom stereocenters.